The molecule has 10 heteroatoms. The molecule has 3 heterocycles. The first-order chi connectivity index (χ1) is 16.8. The second kappa shape index (κ2) is 9.52. The van der Waals surface area contributed by atoms with Crippen LogP contribution in [-0.4, -0.2) is 36.7 Å². The minimum atomic E-state index is -3.75. The van der Waals surface area contributed by atoms with Crippen LogP contribution in [0.4, 0.5) is 9.52 Å². The molecule has 2 aromatic heterocycles. The van der Waals surface area contributed by atoms with E-state index in [0.717, 1.165) is 27.9 Å². The van der Waals surface area contributed by atoms with Crippen molar-refractivity contribution in [1.82, 2.24) is 9.29 Å². The number of aromatic nitrogens is 1. The second-order valence-electron chi connectivity index (χ2n) is 8.60. The molecule has 1 saturated heterocycles. The molecule has 4 aromatic rings. The van der Waals surface area contributed by atoms with E-state index in [-0.39, 0.29) is 36.4 Å². The normalized spacial score (nSPS) is 15.5. The molecule has 7 nitrogen and oxygen atoms in total. The quantitative estimate of drug-likeness (QED) is 0.364. The van der Waals surface area contributed by atoms with Crippen LogP contribution in [0.5, 0.6) is 0 Å². The molecule has 1 fully saturated rings. The van der Waals surface area contributed by atoms with Gasteiger partial charge < -0.3 is 4.42 Å². The first-order valence-electron chi connectivity index (χ1n) is 11.3. The van der Waals surface area contributed by atoms with Crippen LogP contribution in [0.15, 0.2) is 70.2 Å². The summed E-state index contributed by atoms with van der Waals surface area (Å²) in [5.74, 6) is -0.297. The first kappa shape index (κ1) is 23.7. The Bertz CT molecular complexity index is 1440. The smallest absolute Gasteiger partial charge is 0.243 e. The van der Waals surface area contributed by atoms with E-state index >= 15 is 0 Å². The highest BCUT2D eigenvalue weighted by molar-refractivity contribution is 7.89. The number of anilines is 1. The lowest BCUT2D eigenvalue weighted by Crippen LogP contribution is -2.44. The topological polar surface area (TPSA) is 83.7 Å². The molecule has 0 N–H and O–H groups in total. The van der Waals surface area contributed by atoms with Crippen molar-refractivity contribution < 1.29 is 22.0 Å². The molecule has 1 aliphatic heterocycles. The zero-order valence-corrected chi connectivity index (χ0v) is 20.7. The molecule has 0 unspecified atom stereocenters. The van der Waals surface area contributed by atoms with Crippen molar-refractivity contribution in [2.45, 2.75) is 31.2 Å². The van der Waals surface area contributed by atoms with E-state index in [9.17, 15) is 17.6 Å². The van der Waals surface area contributed by atoms with Crippen molar-refractivity contribution in [3.8, 4) is 0 Å². The van der Waals surface area contributed by atoms with E-state index < -0.39 is 15.8 Å². The molecule has 0 aliphatic carbocycles. The Labute approximate surface area is 206 Å². The number of carbonyl (C=O) groups is 1. The van der Waals surface area contributed by atoms with Crippen molar-refractivity contribution in [3.05, 3.63) is 78.0 Å². The first-order valence-corrected chi connectivity index (χ1v) is 13.5. The van der Waals surface area contributed by atoms with Crippen LogP contribution < -0.4 is 4.90 Å². The fourth-order valence-electron chi connectivity index (χ4n) is 4.25. The Morgan fingerprint density at radius 2 is 1.91 bits per heavy atom. The summed E-state index contributed by atoms with van der Waals surface area (Å²) >= 11 is 1.45. The number of hydrogen-bond acceptors (Lipinski definition) is 6. The van der Waals surface area contributed by atoms with Crippen LogP contribution in [0.1, 0.15) is 24.2 Å². The van der Waals surface area contributed by atoms with Gasteiger partial charge in [0.15, 0.2) is 5.13 Å². The maximum atomic E-state index is 13.7. The molecular weight excluding hydrogens is 489 g/mol. The standard InChI is InChI=1S/C25H24FN3O4S2/c1-17-4-9-22-23(15-17)34-25(27-22)29(16-20-3-2-14-33-20)24(30)18-10-12-28(13-11-18)35(31,32)21-7-5-19(26)6-8-21/h2-9,14-15,18H,10-13,16H2,1H3. The SMILES string of the molecule is Cc1ccc2nc(N(Cc3ccco3)C(=O)C3CCN(S(=O)(=O)c4ccc(F)cc4)CC3)sc2c1. The number of rotatable bonds is 6. The third kappa shape index (κ3) is 4.86. The van der Waals surface area contributed by atoms with Gasteiger partial charge in [0, 0.05) is 19.0 Å². The number of nitrogens with zero attached hydrogens (tertiary/aromatic N) is 3. The summed E-state index contributed by atoms with van der Waals surface area (Å²) in [6.07, 6.45) is 2.34. The largest absolute Gasteiger partial charge is 0.467 e. The van der Waals surface area contributed by atoms with Gasteiger partial charge in [0.05, 0.1) is 27.9 Å². The van der Waals surface area contributed by atoms with Crippen molar-refractivity contribution in [1.29, 1.82) is 0 Å². The van der Waals surface area contributed by atoms with Crippen LogP contribution in [0.25, 0.3) is 10.2 Å². The summed E-state index contributed by atoms with van der Waals surface area (Å²) in [7, 11) is -3.75. The van der Waals surface area contributed by atoms with Gasteiger partial charge >= 0.3 is 0 Å². The van der Waals surface area contributed by atoms with E-state index in [1.54, 1.807) is 17.2 Å². The Hall–Kier alpha value is -3.08. The summed E-state index contributed by atoms with van der Waals surface area (Å²) in [5.41, 5.74) is 1.94. The number of amides is 1. The molecule has 0 radical (unpaired) electrons. The number of benzene rings is 2. The average molecular weight is 514 g/mol. The number of sulfonamides is 1. The number of furan rings is 1. The predicted octanol–water partition coefficient (Wildman–Crippen LogP) is 4.97. The van der Waals surface area contributed by atoms with Gasteiger partial charge in [0.2, 0.25) is 15.9 Å². The van der Waals surface area contributed by atoms with Crippen LogP contribution in [0, 0.1) is 18.7 Å². The number of thiazole rings is 1. The van der Waals surface area contributed by atoms with E-state index in [0.29, 0.717) is 23.7 Å². The van der Waals surface area contributed by atoms with Crippen molar-refractivity contribution >= 4 is 42.6 Å². The molecule has 0 spiro atoms. The van der Waals surface area contributed by atoms with E-state index in [1.165, 1.54) is 27.8 Å². The molecule has 0 bridgehead atoms. The number of hydrogen-bond donors (Lipinski definition) is 0. The summed E-state index contributed by atoms with van der Waals surface area (Å²) in [6, 6.07) is 14.4. The molecule has 0 atom stereocenters. The Kier molecular flexibility index (Phi) is 6.43. The lowest BCUT2D eigenvalue weighted by Gasteiger charge is -2.32. The van der Waals surface area contributed by atoms with Gasteiger partial charge in [-0.15, -0.1) is 0 Å². The van der Waals surface area contributed by atoms with E-state index in [4.69, 9.17) is 9.40 Å². The molecule has 182 valence electrons. The Morgan fingerprint density at radius 3 is 2.60 bits per heavy atom. The predicted molar refractivity (Wildman–Crippen MR) is 132 cm³/mol. The van der Waals surface area contributed by atoms with Gasteiger partial charge in [-0.25, -0.2) is 17.8 Å². The van der Waals surface area contributed by atoms with Crippen molar-refractivity contribution in [2.24, 2.45) is 5.92 Å². The van der Waals surface area contributed by atoms with Gasteiger partial charge in [-0.05, 0) is 73.9 Å². The summed E-state index contributed by atoms with van der Waals surface area (Å²) in [6.45, 7) is 2.69. The van der Waals surface area contributed by atoms with Crippen molar-refractivity contribution in [3.63, 3.8) is 0 Å². The fourth-order valence-corrected chi connectivity index (χ4v) is 6.79. The summed E-state index contributed by atoms with van der Waals surface area (Å²) < 4.78 is 47.0. The number of piperidine rings is 1. The van der Waals surface area contributed by atoms with Crippen LogP contribution in [-0.2, 0) is 21.4 Å². The third-order valence-corrected chi connectivity index (χ3v) is 9.13. The highest BCUT2D eigenvalue weighted by Crippen LogP contribution is 2.33. The third-order valence-electron chi connectivity index (χ3n) is 6.18. The van der Waals surface area contributed by atoms with Gasteiger partial charge in [-0.1, -0.05) is 17.4 Å². The van der Waals surface area contributed by atoms with Gasteiger partial charge in [0.25, 0.3) is 0 Å². The maximum Gasteiger partial charge on any atom is 0.243 e. The van der Waals surface area contributed by atoms with Gasteiger partial charge in [-0.2, -0.15) is 4.31 Å². The number of halogens is 1. The van der Waals surface area contributed by atoms with E-state index in [1.807, 2.05) is 31.2 Å². The van der Waals surface area contributed by atoms with Gasteiger partial charge in [-0.3, -0.25) is 9.69 Å². The zero-order chi connectivity index (χ0) is 24.6. The van der Waals surface area contributed by atoms with E-state index in [2.05, 4.69) is 0 Å². The van der Waals surface area contributed by atoms with Crippen molar-refractivity contribution in [2.75, 3.05) is 18.0 Å². The second-order valence-corrected chi connectivity index (χ2v) is 11.6. The average Bonchev–Trinajstić information content (AvgIpc) is 3.52. The molecule has 35 heavy (non-hydrogen) atoms. The van der Waals surface area contributed by atoms with Crippen LogP contribution >= 0.6 is 11.3 Å². The maximum absolute atomic E-state index is 13.7. The zero-order valence-electron chi connectivity index (χ0n) is 19.1. The number of fused-ring (bicyclic) bond motifs is 1. The lowest BCUT2D eigenvalue weighted by molar-refractivity contribution is -0.123. The fraction of sp³-hybridized carbons (Fsp3) is 0.280. The van der Waals surface area contributed by atoms with Gasteiger partial charge in [0.1, 0.15) is 11.6 Å². The Balaban J connectivity index is 1.35. The molecule has 2 aromatic carbocycles. The number of aryl methyl sites for hydroxylation is 1. The summed E-state index contributed by atoms with van der Waals surface area (Å²) in [4.78, 5) is 20.1. The summed E-state index contributed by atoms with van der Waals surface area (Å²) in [5, 5.41) is 0.591. The molecule has 5 rings (SSSR count). The highest BCUT2D eigenvalue weighted by Gasteiger charge is 2.35. The number of carbonyl (C=O) groups excluding carboxylic acids is 1. The highest BCUT2D eigenvalue weighted by atomic mass is 32.2. The molecular formula is C25H24FN3O4S2. The molecule has 0 saturated carbocycles. The van der Waals surface area contributed by atoms with Crippen LogP contribution in [0.2, 0.25) is 0 Å². The Morgan fingerprint density at radius 1 is 1.17 bits per heavy atom. The molecule has 1 aliphatic rings. The lowest BCUT2D eigenvalue weighted by atomic mass is 9.96. The minimum absolute atomic E-state index is 0.0490. The minimum Gasteiger partial charge on any atom is -0.467 e. The monoisotopic (exact) mass is 513 g/mol. The molecule has 1 amide bonds. The van der Waals surface area contributed by atoms with Crippen LogP contribution in [0.3, 0.4) is 0 Å².